The smallest absolute Gasteiger partial charge is 0.222 e. The van der Waals surface area contributed by atoms with E-state index in [4.69, 9.17) is 0 Å². The Morgan fingerprint density at radius 3 is 2.54 bits per heavy atom. The molecule has 132 valence electrons. The molecule has 0 aromatic heterocycles. The summed E-state index contributed by atoms with van der Waals surface area (Å²) in [6, 6.07) is 7.37. The average Bonchev–Trinajstić information content (AvgIpc) is 2.63. The second kappa shape index (κ2) is 8.41. The first-order valence-corrected chi connectivity index (χ1v) is 9.54. The molecule has 1 aromatic rings. The quantitative estimate of drug-likeness (QED) is 0.893. The number of rotatable bonds is 5. The number of benzene rings is 1. The van der Waals surface area contributed by atoms with Crippen molar-refractivity contribution < 1.29 is 9.90 Å². The van der Waals surface area contributed by atoms with E-state index in [2.05, 4.69) is 4.90 Å². The topological polar surface area (TPSA) is 43.8 Å². The molecule has 4 nitrogen and oxygen atoms in total. The Hall–Kier alpha value is -1.71. The Labute approximate surface area is 145 Å². The van der Waals surface area contributed by atoms with Crippen molar-refractivity contribution in [1.29, 1.82) is 0 Å². The van der Waals surface area contributed by atoms with Crippen molar-refractivity contribution in [3.8, 4) is 5.75 Å². The molecule has 0 atom stereocenters. The summed E-state index contributed by atoms with van der Waals surface area (Å²) >= 11 is 0. The van der Waals surface area contributed by atoms with Crippen LogP contribution in [0.2, 0.25) is 0 Å². The summed E-state index contributed by atoms with van der Waals surface area (Å²) in [6.07, 6.45) is 9.91. The molecule has 0 radical (unpaired) electrons. The van der Waals surface area contributed by atoms with Crippen LogP contribution in [0, 0.1) is 5.92 Å². The van der Waals surface area contributed by atoms with E-state index < -0.39 is 0 Å². The van der Waals surface area contributed by atoms with Crippen LogP contribution in [0.15, 0.2) is 24.3 Å². The third-order valence-corrected chi connectivity index (χ3v) is 5.56. The fraction of sp³-hybridized carbons (Fsp3) is 0.650. The molecule has 1 aromatic carbocycles. The van der Waals surface area contributed by atoms with Crippen LogP contribution >= 0.6 is 0 Å². The lowest BCUT2D eigenvalue weighted by molar-refractivity contribution is -0.131. The van der Waals surface area contributed by atoms with Crippen molar-refractivity contribution in [3.05, 3.63) is 24.3 Å². The summed E-state index contributed by atoms with van der Waals surface area (Å²) in [7, 11) is 0. The number of carbonyl (C=O) groups excluding carboxylic acids is 1. The zero-order valence-corrected chi connectivity index (χ0v) is 14.6. The van der Waals surface area contributed by atoms with Gasteiger partial charge in [0.1, 0.15) is 5.75 Å². The molecule has 1 N–H and O–H groups in total. The Balaban J connectivity index is 1.38. The summed E-state index contributed by atoms with van der Waals surface area (Å²) in [4.78, 5) is 16.7. The molecule has 1 aliphatic heterocycles. The van der Waals surface area contributed by atoms with Crippen LogP contribution in [-0.4, -0.2) is 42.1 Å². The van der Waals surface area contributed by atoms with Crippen LogP contribution < -0.4 is 4.90 Å². The number of hydrogen-bond donors (Lipinski definition) is 1. The lowest BCUT2D eigenvalue weighted by Gasteiger charge is -2.36. The van der Waals surface area contributed by atoms with E-state index in [9.17, 15) is 9.90 Å². The highest BCUT2D eigenvalue weighted by Crippen LogP contribution is 2.28. The average molecular weight is 330 g/mol. The van der Waals surface area contributed by atoms with Gasteiger partial charge in [-0.1, -0.05) is 38.2 Å². The summed E-state index contributed by atoms with van der Waals surface area (Å²) in [5.41, 5.74) is 1.04. The third-order valence-electron chi connectivity index (χ3n) is 5.56. The molecule has 0 unspecified atom stereocenters. The molecule has 0 bridgehead atoms. The van der Waals surface area contributed by atoms with Crippen molar-refractivity contribution in [1.82, 2.24) is 4.90 Å². The minimum absolute atomic E-state index is 0.300. The van der Waals surface area contributed by atoms with E-state index in [1.807, 2.05) is 17.0 Å². The van der Waals surface area contributed by atoms with Crippen LogP contribution in [0.25, 0.3) is 0 Å². The minimum Gasteiger partial charge on any atom is -0.508 e. The van der Waals surface area contributed by atoms with Gasteiger partial charge in [0, 0.05) is 44.4 Å². The van der Waals surface area contributed by atoms with Crippen molar-refractivity contribution in [3.63, 3.8) is 0 Å². The zero-order chi connectivity index (χ0) is 16.8. The lowest BCUT2D eigenvalue weighted by Crippen LogP contribution is -2.48. The van der Waals surface area contributed by atoms with Crippen molar-refractivity contribution in [2.75, 3.05) is 31.1 Å². The van der Waals surface area contributed by atoms with Crippen LogP contribution in [-0.2, 0) is 4.79 Å². The molecule has 1 amide bonds. The third kappa shape index (κ3) is 4.65. The maximum atomic E-state index is 12.4. The molecular weight excluding hydrogens is 300 g/mol. The van der Waals surface area contributed by atoms with Crippen molar-refractivity contribution >= 4 is 11.6 Å². The number of piperazine rings is 1. The van der Waals surface area contributed by atoms with Gasteiger partial charge in [0.15, 0.2) is 0 Å². The number of phenols is 1. The van der Waals surface area contributed by atoms with E-state index in [1.54, 1.807) is 12.1 Å². The summed E-state index contributed by atoms with van der Waals surface area (Å²) < 4.78 is 0. The van der Waals surface area contributed by atoms with Crippen molar-refractivity contribution in [2.24, 2.45) is 5.92 Å². The first kappa shape index (κ1) is 17.1. The molecule has 24 heavy (non-hydrogen) atoms. The van der Waals surface area contributed by atoms with Gasteiger partial charge in [0.2, 0.25) is 5.91 Å². The first-order valence-electron chi connectivity index (χ1n) is 9.54. The van der Waals surface area contributed by atoms with E-state index in [0.29, 0.717) is 18.1 Å². The normalized spacial score (nSPS) is 19.5. The summed E-state index contributed by atoms with van der Waals surface area (Å²) in [5, 5.41) is 9.60. The van der Waals surface area contributed by atoms with Crippen LogP contribution in [0.3, 0.4) is 0 Å². The number of hydrogen-bond acceptors (Lipinski definition) is 3. The Morgan fingerprint density at radius 1 is 1.08 bits per heavy atom. The van der Waals surface area contributed by atoms with Gasteiger partial charge < -0.3 is 14.9 Å². The highest BCUT2D eigenvalue weighted by molar-refractivity contribution is 5.76. The van der Waals surface area contributed by atoms with Gasteiger partial charge in [-0.2, -0.15) is 0 Å². The highest BCUT2D eigenvalue weighted by atomic mass is 16.3. The van der Waals surface area contributed by atoms with Gasteiger partial charge in [-0.3, -0.25) is 4.79 Å². The second-order valence-corrected chi connectivity index (χ2v) is 7.28. The number of amides is 1. The van der Waals surface area contributed by atoms with Gasteiger partial charge in [0.25, 0.3) is 0 Å². The van der Waals surface area contributed by atoms with E-state index in [1.165, 1.54) is 38.5 Å². The fourth-order valence-electron chi connectivity index (χ4n) is 4.08. The van der Waals surface area contributed by atoms with E-state index in [-0.39, 0.29) is 0 Å². The molecule has 1 aliphatic carbocycles. The predicted molar refractivity (Wildman–Crippen MR) is 97.3 cm³/mol. The molecule has 2 aliphatic rings. The predicted octanol–water partition coefficient (Wildman–Crippen LogP) is 3.79. The first-order chi connectivity index (χ1) is 11.7. The number of aromatic hydroxyl groups is 1. The van der Waals surface area contributed by atoms with Gasteiger partial charge in [-0.15, -0.1) is 0 Å². The second-order valence-electron chi connectivity index (χ2n) is 7.28. The van der Waals surface area contributed by atoms with Crippen molar-refractivity contribution in [2.45, 2.75) is 51.4 Å². The van der Waals surface area contributed by atoms with E-state index in [0.717, 1.165) is 44.2 Å². The SMILES string of the molecule is O=C(CCCC1CCCCC1)N1CCN(c2cccc(O)c2)CC1. The number of phenolic OH excluding ortho intramolecular Hbond substituents is 1. The van der Waals surface area contributed by atoms with Crippen LogP contribution in [0.1, 0.15) is 51.4 Å². The van der Waals surface area contributed by atoms with Gasteiger partial charge in [0.05, 0.1) is 0 Å². The molecule has 1 heterocycles. The fourth-order valence-corrected chi connectivity index (χ4v) is 4.08. The lowest BCUT2D eigenvalue weighted by atomic mass is 9.86. The van der Waals surface area contributed by atoms with Crippen LogP contribution in [0.5, 0.6) is 5.75 Å². The highest BCUT2D eigenvalue weighted by Gasteiger charge is 2.21. The summed E-state index contributed by atoms with van der Waals surface area (Å²) in [6.45, 7) is 3.27. The number of carbonyl (C=O) groups is 1. The minimum atomic E-state index is 0.300. The molecule has 1 saturated carbocycles. The Bertz CT molecular complexity index is 532. The Morgan fingerprint density at radius 2 is 1.83 bits per heavy atom. The zero-order valence-electron chi connectivity index (χ0n) is 14.6. The maximum Gasteiger partial charge on any atom is 0.222 e. The maximum absolute atomic E-state index is 12.4. The largest absolute Gasteiger partial charge is 0.508 e. The van der Waals surface area contributed by atoms with Crippen LogP contribution in [0.4, 0.5) is 5.69 Å². The van der Waals surface area contributed by atoms with Gasteiger partial charge in [-0.25, -0.2) is 0 Å². The van der Waals surface area contributed by atoms with Gasteiger partial charge >= 0.3 is 0 Å². The van der Waals surface area contributed by atoms with E-state index >= 15 is 0 Å². The monoisotopic (exact) mass is 330 g/mol. The number of anilines is 1. The molecule has 3 rings (SSSR count). The standard InChI is InChI=1S/C20H30N2O2/c23-19-10-5-9-18(16-19)21-12-14-22(15-13-21)20(24)11-4-8-17-6-2-1-3-7-17/h5,9-10,16-17,23H,1-4,6-8,11-15H2. The molecule has 0 spiro atoms. The molecule has 1 saturated heterocycles. The summed E-state index contributed by atoms with van der Waals surface area (Å²) in [5.74, 6) is 1.49. The molecule has 4 heteroatoms. The van der Waals surface area contributed by atoms with Gasteiger partial charge in [-0.05, 0) is 30.9 Å². The Kier molecular flexibility index (Phi) is 6.00. The molecular formula is C20H30N2O2. The number of nitrogens with zero attached hydrogens (tertiary/aromatic N) is 2. The molecule has 2 fully saturated rings.